The van der Waals surface area contributed by atoms with Crippen molar-refractivity contribution in [2.75, 3.05) is 26.8 Å². The first kappa shape index (κ1) is 23.6. The van der Waals surface area contributed by atoms with E-state index in [9.17, 15) is 4.79 Å². The second kappa shape index (κ2) is 16.1. The first-order chi connectivity index (χ1) is 12.1. The molecule has 0 radical (unpaired) electrons. The molecule has 4 heteroatoms. The van der Waals surface area contributed by atoms with Crippen molar-refractivity contribution < 1.29 is 14.3 Å². The Hall–Kier alpha value is -1.39. The van der Waals surface area contributed by atoms with E-state index in [-0.39, 0.29) is 5.97 Å². The van der Waals surface area contributed by atoms with E-state index in [0.717, 1.165) is 24.2 Å². The van der Waals surface area contributed by atoms with Gasteiger partial charge in [0, 0.05) is 19.6 Å². The molecule has 0 aromatic heterocycles. The number of unbranched alkanes of at least 4 members (excludes halogenated alkanes) is 4. The minimum Gasteiger partial charge on any atom is -0.467 e. The van der Waals surface area contributed by atoms with Crippen molar-refractivity contribution in [1.29, 1.82) is 0 Å². The monoisotopic (exact) mass is 351 g/mol. The van der Waals surface area contributed by atoms with E-state index >= 15 is 0 Å². The highest BCUT2D eigenvalue weighted by Crippen LogP contribution is 2.13. The van der Waals surface area contributed by atoms with Crippen molar-refractivity contribution in [1.82, 2.24) is 5.32 Å². The molecule has 0 amide bonds. The SMILES string of the molecule is C=C(/C=C\C(=C/C)CC(OCC)C(=O)OC)CNCCCCCCC. The molecule has 0 aromatic rings. The average Bonchev–Trinajstić information content (AvgIpc) is 2.62. The van der Waals surface area contributed by atoms with Crippen LogP contribution in [-0.2, 0) is 14.3 Å². The Bertz CT molecular complexity index is 427. The number of hydrogen-bond donors (Lipinski definition) is 1. The number of esters is 1. The summed E-state index contributed by atoms with van der Waals surface area (Å²) >= 11 is 0. The molecule has 4 nitrogen and oxygen atoms in total. The van der Waals surface area contributed by atoms with Crippen molar-refractivity contribution in [2.45, 2.75) is 65.4 Å². The predicted molar refractivity (Wildman–Crippen MR) is 106 cm³/mol. The fourth-order valence-electron chi connectivity index (χ4n) is 2.43. The minimum atomic E-state index is -0.555. The molecule has 0 aliphatic rings. The van der Waals surface area contributed by atoms with E-state index in [0.29, 0.717) is 13.0 Å². The summed E-state index contributed by atoms with van der Waals surface area (Å²) in [6.07, 6.45) is 12.4. The molecular weight excluding hydrogens is 314 g/mol. The van der Waals surface area contributed by atoms with Crippen molar-refractivity contribution in [3.05, 3.63) is 36.0 Å². The molecule has 0 fully saturated rings. The molecule has 0 aromatic carbocycles. The van der Waals surface area contributed by atoms with Crippen LogP contribution in [0.2, 0.25) is 0 Å². The van der Waals surface area contributed by atoms with Gasteiger partial charge in [0.2, 0.25) is 0 Å². The van der Waals surface area contributed by atoms with Crippen LogP contribution in [0.3, 0.4) is 0 Å². The lowest BCUT2D eigenvalue weighted by Crippen LogP contribution is -2.26. The molecule has 0 spiro atoms. The second-order valence-corrected chi connectivity index (χ2v) is 6.12. The summed E-state index contributed by atoms with van der Waals surface area (Å²) in [6, 6.07) is 0. The quantitative estimate of drug-likeness (QED) is 0.267. The van der Waals surface area contributed by atoms with Crippen molar-refractivity contribution in [3.8, 4) is 0 Å². The molecule has 1 N–H and O–H groups in total. The minimum absolute atomic E-state index is 0.335. The lowest BCUT2D eigenvalue weighted by atomic mass is 10.1. The molecule has 0 saturated heterocycles. The average molecular weight is 352 g/mol. The summed E-state index contributed by atoms with van der Waals surface area (Å²) in [7, 11) is 1.38. The van der Waals surface area contributed by atoms with Crippen molar-refractivity contribution in [3.63, 3.8) is 0 Å². The van der Waals surface area contributed by atoms with Gasteiger partial charge in [0.15, 0.2) is 6.10 Å². The molecule has 25 heavy (non-hydrogen) atoms. The Labute approximate surface area is 154 Å². The van der Waals surface area contributed by atoms with Gasteiger partial charge >= 0.3 is 5.97 Å². The third-order valence-electron chi connectivity index (χ3n) is 3.97. The van der Waals surface area contributed by atoms with Gasteiger partial charge in [-0.15, -0.1) is 0 Å². The summed E-state index contributed by atoms with van der Waals surface area (Å²) in [5.41, 5.74) is 2.06. The largest absolute Gasteiger partial charge is 0.467 e. The summed E-state index contributed by atoms with van der Waals surface area (Å²) in [5.74, 6) is -0.335. The zero-order chi connectivity index (χ0) is 18.9. The summed E-state index contributed by atoms with van der Waals surface area (Å²) in [6.45, 7) is 12.4. The smallest absolute Gasteiger partial charge is 0.335 e. The van der Waals surface area contributed by atoms with Gasteiger partial charge in [0.25, 0.3) is 0 Å². The number of carbonyl (C=O) groups is 1. The number of rotatable bonds is 15. The topological polar surface area (TPSA) is 47.6 Å². The van der Waals surface area contributed by atoms with Crippen LogP contribution >= 0.6 is 0 Å². The standard InChI is InChI=1S/C21H37NO3/c1-6-9-10-11-12-15-22-17-18(4)13-14-19(7-2)16-20(25-8-3)21(23)24-5/h7,13-14,20,22H,4,6,8-12,15-17H2,1-3,5H3/b14-13-,19-7+. The van der Waals surface area contributed by atoms with Crippen LogP contribution in [0.25, 0.3) is 0 Å². The van der Waals surface area contributed by atoms with Crippen LogP contribution in [0.5, 0.6) is 0 Å². The van der Waals surface area contributed by atoms with Gasteiger partial charge in [0.1, 0.15) is 0 Å². The molecule has 0 aliphatic heterocycles. The Morgan fingerprint density at radius 2 is 1.88 bits per heavy atom. The Balaban J connectivity index is 4.19. The van der Waals surface area contributed by atoms with Crippen LogP contribution in [0.15, 0.2) is 36.0 Å². The number of hydrogen-bond acceptors (Lipinski definition) is 4. The number of carbonyl (C=O) groups excluding carboxylic acids is 1. The predicted octanol–water partition coefficient (Wildman–Crippen LogP) is 4.57. The van der Waals surface area contributed by atoms with Crippen LogP contribution in [0.1, 0.15) is 59.3 Å². The zero-order valence-corrected chi connectivity index (χ0v) is 16.6. The Morgan fingerprint density at radius 3 is 2.48 bits per heavy atom. The van der Waals surface area contributed by atoms with Gasteiger partial charge in [-0.05, 0) is 38.0 Å². The maximum Gasteiger partial charge on any atom is 0.335 e. The third-order valence-corrected chi connectivity index (χ3v) is 3.97. The van der Waals surface area contributed by atoms with Gasteiger partial charge in [0.05, 0.1) is 7.11 Å². The summed E-state index contributed by atoms with van der Waals surface area (Å²) < 4.78 is 10.3. The molecule has 1 atom stereocenters. The van der Waals surface area contributed by atoms with Crippen LogP contribution < -0.4 is 5.32 Å². The summed E-state index contributed by atoms with van der Waals surface area (Å²) in [5, 5.41) is 3.42. The van der Waals surface area contributed by atoms with E-state index in [1.165, 1.54) is 39.2 Å². The van der Waals surface area contributed by atoms with Gasteiger partial charge in [-0.1, -0.05) is 57.4 Å². The Kier molecular flexibility index (Phi) is 15.2. The first-order valence-corrected chi connectivity index (χ1v) is 9.50. The van der Waals surface area contributed by atoms with E-state index < -0.39 is 6.10 Å². The van der Waals surface area contributed by atoms with Crippen molar-refractivity contribution >= 4 is 5.97 Å². The van der Waals surface area contributed by atoms with E-state index in [1.807, 2.05) is 32.1 Å². The molecule has 0 heterocycles. The highest BCUT2D eigenvalue weighted by atomic mass is 16.6. The first-order valence-electron chi connectivity index (χ1n) is 9.50. The molecule has 1 unspecified atom stereocenters. The van der Waals surface area contributed by atoms with E-state index in [1.54, 1.807) is 0 Å². The van der Waals surface area contributed by atoms with Gasteiger partial charge in [-0.25, -0.2) is 4.79 Å². The van der Waals surface area contributed by atoms with E-state index in [2.05, 4.69) is 18.8 Å². The van der Waals surface area contributed by atoms with Crippen LogP contribution in [-0.4, -0.2) is 38.9 Å². The molecule has 144 valence electrons. The van der Waals surface area contributed by atoms with Crippen LogP contribution in [0.4, 0.5) is 0 Å². The second-order valence-electron chi connectivity index (χ2n) is 6.12. The van der Waals surface area contributed by atoms with E-state index in [4.69, 9.17) is 9.47 Å². The summed E-state index contributed by atoms with van der Waals surface area (Å²) in [4.78, 5) is 11.7. The third kappa shape index (κ3) is 12.6. The maximum absolute atomic E-state index is 11.7. The fraction of sp³-hybridized carbons (Fsp3) is 0.667. The Morgan fingerprint density at radius 1 is 1.16 bits per heavy atom. The molecule has 0 bridgehead atoms. The highest BCUT2D eigenvalue weighted by Gasteiger charge is 2.19. The van der Waals surface area contributed by atoms with Crippen molar-refractivity contribution in [2.24, 2.45) is 0 Å². The number of ether oxygens (including phenoxy) is 2. The number of methoxy groups -OCH3 is 1. The molecule has 0 rings (SSSR count). The maximum atomic E-state index is 11.7. The number of nitrogens with one attached hydrogen (secondary N) is 1. The fourth-order valence-corrected chi connectivity index (χ4v) is 2.43. The lowest BCUT2D eigenvalue weighted by Gasteiger charge is -2.15. The highest BCUT2D eigenvalue weighted by molar-refractivity contribution is 5.75. The normalized spacial score (nSPS) is 13.2. The van der Waals surface area contributed by atoms with Crippen LogP contribution in [0, 0.1) is 0 Å². The lowest BCUT2D eigenvalue weighted by molar-refractivity contribution is -0.153. The van der Waals surface area contributed by atoms with Gasteiger partial charge in [-0.2, -0.15) is 0 Å². The van der Waals surface area contributed by atoms with Gasteiger partial charge < -0.3 is 14.8 Å². The molecule has 0 saturated carbocycles. The molecule has 0 aliphatic carbocycles. The van der Waals surface area contributed by atoms with Gasteiger partial charge in [-0.3, -0.25) is 0 Å². The zero-order valence-electron chi connectivity index (χ0n) is 16.6. The molecular formula is C21H37NO3. The number of allylic oxidation sites excluding steroid dienone is 2.